The molecule has 0 saturated heterocycles. The van der Waals surface area contributed by atoms with Gasteiger partial charge in [0.05, 0.1) is 11.4 Å². The molecule has 2 aromatic carbocycles. The van der Waals surface area contributed by atoms with Crippen LogP contribution < -0.4 is 15.8 Å². The van der Waals surface area contributed by atoms with Crippen molar-refractivity contribution in [2.45, 2.75) is 33.8 Å². The lowest BCUT2D eigenvalue weighted by Crippen LogP contribution is -2.20. The Hall–Kier alpha value is -2.56. The Bertz CT molecular complexity index is 706. The predicted octanol–water partition coefficient (Wildman–Crippen LogP) is 4.36. The third-order valence-electron chi connectivity index (χ3n) is 3.31. The number of amides is 1. The molecule has 3 N–H and O–H groups in total. The first-order chi connectivity index (χ1) is 11.2. The highest BCUT2D eigenvalue weighted by molar-refractivity contribution is 5.94. The molecule has 2 rings (SSSR count). The van der Waals surface area contributed by atoms with Gasteiger partial charge in [0.15, 0.2) is 0 Å². The molecule has 0 fully saturated rings. The van der Waals surface area contributed by atoms with Crippen LogP contribution in [0.15, 0.2) is 42.5 Å². The van der Waals surface area contributed by atoms with E-state index in [4.69, 9.17) is 10.5 Å². The van der Waals surface area contributed by atoms with Crippen LogP contribution in [0.4, 0.5) is 15.8 Å². The molecule has 24 heavy (non-hydrogen) atoms. The summed E-state index contributed by atoms with van der Waals surface area (Å²) in [6.45, 7) is 6.32. The summed E-state index contributed by atoms with van der Waals surface area (Å²) in [5.41, 5.74) is 7.76. The van der Waals surface area contributed by atoms with E-state index in [-0.39, 0.29) is 17.1 Å². The second kappa shape index (κ2) is 7.34. The van der Waals surface area contributed by atoms with Crippen molar-refractivity contribution in [1.29, 1.82) is 0 Å². The van der Waals surface area contributed by atoms with Gasteiger partial charge >= 0.3 is 0 Å². The zero-order valence-corrected chi connectivity index (χ0v) is 14.2. The molecule has 0 aliphatic carbocycles. The number of rotatable bonds is 5. The summed E-state index contributed by atoms with van der Waals surface area (Å²) in [5, 5.41) is 2.81. The van der Waals surface area contributed by atoms with Gasteiger partial charge in [-0.05, 0) is 35.2 Å². The molecule has 0 aliphatic rings. The molecule has 0 bridgehead atoms. The summed E-state index contributed by atoms with van der Waals surface area (Å²) >= 11 is 0. The highest BCUT2D eigenvalue weighted by Crippen LogP contribution is 2.26. The molecule has 2 aromatic rings. The first kappa shape index (κ1) is 17.8. The lowest BCUT2D eigenvalue weighted by molar-refractivity contribution is -0.117. The number of nitrogens with one attached hydrogen (secondary N) is 1. The maximum Gasteiger partial charge on any atom is 0.224 e. The number of carbonyl (C=O) groups excluding carboxylic acids is 1. The summed E-state index contributed by atoms with van der Waals surface area (Å²) in [6.07, 6.45) is 0.412. The number of ether oxygens (including phenoxy) is 1. The molecular formula is C19H23FN2O2. The van der Waals surface area contributed by atoms with Gasteiger partial charge in [0, 0.05) is 12.5 Å². The molecule has 5 heteroatoms. The van der Waals surface area contributed by atoms with E-state index >= 15 is 0 Å². The van der Waals surface area contributed by atoms with Crippen LogP contribution in [0.5, 0.6) is 5.75 Å². The Morgan fingerprint density at radius 2 is 1.83 bits per heavy atom. The topological polar surface area (TPSA) is 64.3 Å². The first-order valence-corrected chi connectivity index (χ1v) is 7.79. The van der Waals surface area contributed by atoms with Crippen LogP contribution in [0.2, 0.25) is 0 Å². The van der Waals surface area contributed by atoms with Gasteiger partial charge in [-0.2, -0.15) is 0 Å². The van der Waals surface area contributed by atoms with E-state index in [0.717, 1.165) is 5.56 Å². The fourth-order valence-corrected chi connectivity index (χ4v) is 2.17. The zero-order valence-electron chi connectivity index (χ0n) is 14.2. The van der Waals surface area contributed by atoms with Gasteiger partial charge in [0.1, 0.15) is 18.2 Å². The average molecular weight is 330 g/mol. The maximum absolute atomic E-state index is 12.9. The van der Waals surface area contributed by atoms with Crippen molar-refractivity contribution in [2.75, 3.05) is 11.1 Å². The van der Waals surface area contributed by atoms with Crippen LogP contribution in [0.25, 0.3) is 0 Å². The van der Waals surface area contributed by atoms with Crippen molar-refractivity contribution >= 4 is 17.3 Å². The summed E-state index contributed by atoms with van der Waals surface area (Å²) in [6, 6.07) is 11.2. The Morgan fingerprint density at radius 3 is 2.42 bits per heavy atom. The molecule has 0 unspecified atom stereocenters. The number of carbonyl (C=O) groups is 1. The minimum Gasteiger partial charge on any atom is -0.489 e. The van der Waals surface area contributed by atoms with Crippen molar-refractivity contribution in [2.24, 2.45) is 5.41 Å². The highest BCUT2D eigenvalue weighted by Gasteiger charge is 2.16. The van der Waals surface area contributed by atoms with Crippen molar-refractivity contribution in [1.82, 2.24) is 0 Å². The molecule has 1 amide bonds. The van der Waals surface area contributed by atoms with Crippen molar-refractivity contribution in [3.63, 3.8) is 0 Å². The van der Waals surface area contributed by atoms with Crippen LogP contribution >= 0.6 is 0 Å². The third-order valence-corrected chi connectivity index (χ3v) is 3.31. The molecule has 0 saturated carbocycles. The third kappa shape index (κ3) is 5.57. The Kier molecular flexibility index (Phi) is 5.44. The van der Waals surface area contributed by atoms with Crippen LogP contribution in [-0.4, -0.2) is 5.91 Å². The molecule has 0 aliphatic heterocycles. The molecule has 4 nitrogen and oxygen atoms in total. The minimum absolute atomic E-state index is 0.0748. The van der Waals surface area contributed by atoms with Crippen molar-refractivity contribution in [3.8, 4) is 5.75 Å². The monoisotopic (exact) mass is 330 g/mol. The van der Waals surface area contributed by atoms with E-state index < -0.39 is 0 Å². The molecule has 0 radical (unpaired) electrons. The number of nitrogens with two attached hydrogens (primary N) is 1. The summed E-state index contributed by atoms with van der Waals surface area (Å²) < 4.78 is 18.5. The summed E-state index contributed by atoms with van der Waals surface area (Å²) in [4.78, 5) is 12.0. The lowest BCUT2D eigenvalue weighted by atomic mass is 9.92. The minimum atomic E-state index is -0.279. The van der Waals surface area contributed by atoms with E-state index in [2.05, 4.69) is 5.32 Å². The van der Waals surface area contributed by atoms with Crippen molar-refractivity contribution < 1.29 is 13.9 Å². The van der Waals surface area contributed by atoms with E-state index in [9.17, 15) is 9.18 Å². The van der Waals surface area contributed by atoms with Crippen LogP contribution in [0, 0.1) is 11.2 Å². The van der Waals surface area contributed by atoms with Gasteiger partial charge in [0.2, 0.25) is 5.91 Å². The molecule has 128 valence electrons. The SMILES string of the molecule is CC(C)(C)CC(=O)Nc1ccc(OCc2ccc(F)cc2)cc1N. The smallest absolute Gasteiger partial charge is 0.224 e. The Labute approximate surface area is 141 Å². The van der Waals surface area contributed by atoms with E-state index in [1.165, 1.54) is 12.1 Å². The maximum atomic E-state index is 12.9. The largest absolute Gasteiger partial charge is 0.489 e. The van der Waals surface area contributed by atoms with Gasteiger partial charge < -0.3 is 15.8 Å². The number of hydrogen-bond acceptors (Lipinski definition) is 3. The van der Waals surface area contributed by atoms with Crippen molar-refractivity contribution in [3.05, 3.63) is 53.8 Å². The second-order valence-electron chi connectivity index (χ2n) is 6.95. The standard InChI is InChI=1S/C19H23FN2O2/c1-19(2,3)11-18(23)22-17-9-8-15(10-16(17)21)24-12-13-4-6-14(20)7-5-13/h4-10H,11-12,21H2,1-3H3,(H,22,23). The number of nitrogen functional groups attached to an aromatic ring is 1. The van der Waals surface area contributed by atoms with Crippen LogP contribution in [0.3, 0.4) is 0 Å². The van der Waals surface area contributed by atoms with Gasteiger partial charge in [-0.15, -0.1) is 0 Å². The van der Waals surface area contributed by atoms with Crippen LogP contribution in [0.1, 0.15) is 32.8 Å². The summed E-state index contributed by atoms with van der Waals surface area (Å²) in [5.74, 6) is 0.234. The highest BCUT2D eigenvalue weighted by atomic mass is 19.1. The fourth-order valence-electron chi connectivity index (χ4n) is 2.17. The molecule has 0 spiro atoms. The second-order valence-corrected chi connectivity index (χ2v) is 6.95. The van der Waals surface area contributed by atoms with Gasteiger partial charge in [-0.25, -0.2) is 4.39 Å². The molecule has 0 atom stereocenters. The van der Waals surface area contributed by atoms with E-state index in [1.54, 1.807) is 30.3 Å². The van der Waals surface area contributed by atoms with Gasteiger partial charge in [-0.1, -0.05) is 32.9 Å². The fraction of sp³-hybridized carbons (Fsp3) is 0.316. The van der Waals surface area contributed by atoms with Gasteiger partial charge in [-0.3, -0.25) is 4.79 Å². The quantitative estimate of drug-likeness (QED) is 0.801. The number of halogens is 1. The molecular weight excluding hydrogens is 307 g/mol. The van der Waals surface area contributed by atoms with Crippen LogP contribution in [-0.2, 0) is 11.4 Å². The first-order valence-electron chi connectivity index (χ1n) is 7.79. The zero-order chi connectivity index (χ0) is 17.7. The number of anilines is 2. The molecule has 0 aromatic heterocycles. The number of hydrogen-bond donors (Lipinski definition) is 2. The normalized spacial score (nSPS) is 11.2. The van der Waals surface area contributed by atoms with E-state index in [1.807, 2.05) is 20.8 Å². The van der Waals surface area contributed by atoms with E-state index in [0.29, 0.717) is 30.2 Å². The average Bonchev–Trinajstić information content (AvgIpc) is 2.47. The summed E-state index contributed by atoms with van der Waals surface area (Å²) in [7, 11) is 0. The predicted molar refractivity (Wildman–Crippen MR) is 94.3 cm³/mol. The number of benzene rings is 2. The molecule has 0 heterocycles. The Morgan fingerprint density at radius 1 is 1.17 bits per heavy atom. The van der Waals surface area contributed by atoms with Gasteiger partial charge in [0.25, 0.3) is 0 Å². The Balaban J connectivity index is 1.96. The lowest BCUT2D eigenvalue weighted by Gasteiger charge is -2.18.